The van der Waals surface area contributed by atoms with Crippen LogP contribution >= 0.6 is 0 Å². The van der Waals surface area contributed by atoms with E-state index in [9.17, 15) is 4.39 Å². The number of methoxy groups -OCH3 is 1. The number of nitrogens with zero attached hydrogens (tertiary/aromatic N) is 1. The molecule has 0 aliphatic carbocycles. The van der Waals surface area contributed by atoms with Crippen molar-refractivity contribution in [1.82, 2.24) is 0 Å². The lowest BCUT2D eigenvalue weighted by atomic mass is 10.1. The lowest BCUT2D eigenvalue weighted by Crippen LogP contribution is -2.22. The number of para-hydroxylation sites is 1. The predicted molar refractivity (Wildman–Crippen MR) is 82.5 cm³/mol. The number of rotatable bonds is 5. The van der Waals surface area contributed by atoms with E-state index in [1.165, 1.54) is 13.2 Å². The van der Waals surface area contributed by atoms with Crippen LogP contribution in [-0.4, -0.2) is 20.0 Å². The smallest absolute Gasteiger partial charge is 0.165 e. The summed E-state index contributed by atoms with van der Waals surface area (Å²) in [7, 11) is 3.32. The minimum absolute atomic E-state index is 0.0124. The molecule has 5 heteroatoms. The third-order valence-electron chi connectivity index (χ3n) is 3.24. The zero-order valence-corrected chi connectivity index (χ0v) is 12.1. The fraction of sp³-hybridized carbons (Fsp3) is 0.188. The van der Waals surface area contributed by atoms with Gasteiger partial charge in [0.05, 0.1) is 7.11 Å². The van der Waals surface area contributed by atoms with Gasteiger partial charge in [0.25, 0.3) is 0 Å². The summed E-state index contributed by atoms with van der Waals surface area (Å²) in [5, 5.41) is 7.61. The van der Waals surface area contributed by atoms with Gasteiger partial charge in [-0.3, -0.25) is 5.41 Å². The number of hydrogen-bond donors (Lipinski definition) is 2. The first-order valence-electron chi connectivity index (χ1n) is 6.50. The fourth-order valence-electron chi connectivity index (χ4n) is 2.20. The van der Waals surface area contributed by atoms with Gasteiger partial charge >= 0.3 is 0 Å². The van der Waals surface area contributed by atoms with Crippen LogP contribution in [0.2, 0.25) is 0 Å². The molecule has 0 fully saturated rings. The first-order valence-corrected chi connectivity index (χ1v) is 6.50. The number of ether oxygens (including phenoxy) is 1. The third kappa shape index (κ3) is 3.31. The second kappa shape index (κ2) is 6.26. The van der Waals surface area contributed by atoms with Gasteiger partial charge in [-0.25, -0.2) is 4.39 Å². The molecule has 0 spiro atoms. The van der Waals surface area contributed by atoms with Gasteiger partial charge < -0.3 is 15.4 Å². The largest absolute Gasteiger partial charge is 0.494 e. The van der Waals surface area contributed by atoms with E-state index in [0.29, 0.717) is 12.1 Å². The van der Waals surface area contributed by atoms with Crippen molar-refractivity contribution in [2.24, 2.45) is 5.73 Å². The van der Waals surface area contributed by atoms with Crippen molar-refractivity contribution < 1.29 is 9.13 Å². The lowest BCUT2D eigenvalue weighted by Gasteiger charge is -2.22. The van der Waals surface area contributed by atoms with E-state index in [4.69, 9.17) is 15.9 Å². The van der Waals surface area contributed by atoms with Gasteiger partial charge in [-0.15, -0.1) is 0 Å². The molecular formula is C16H18FN3O. The summed E-state index contributed by atoms with van der Waals surface area (Å²) in [6, 6.07) is 12.3. The van der Waals surface area contributed by atoms with Crippen LogP contribution in [0, 0.1) is 11.2 Å². The Hall–Kier alpha value is -2.56. The number of hydrogen-bond acceptors (Lipinski definition) is 3. The molecular weight excluding hydrogens is 269 g/mol. The molecule has 0 heterocycles. The van der Waals surface area contributed by atoms with E-state index in [1.54, 1.807) is 12.1 Å². The van der Waals surface area contributed by atoms with Crippen LogP contribution in [0.5, 0.6) is 5.75 Å². The Labute approximate surface area is 123 Å². The zero-order chi connectivity index (χ0) is 15.4. The van der Waals surface area contributed by atoms with Crippen LogP contribution in [0.15, 0.2) is 42.5 Å². The van der Waals surface area contributed by atoms with Crippen molar-refractivity contribution in [3.05, 3.63) is 59.4 Å². The Kier molecular flexibility index (Phi) is 4.42. The quantitative estimate of drug-likeness (QED) is 0.656. The monoisotopic (exact) mass is 287 g/mol. The molecule has 3 N–H and O–H groups in total. The Morgan fingerprint density at radius 3 is 2.62 bits per heavy atom. The lowest BCUT2D eigenvalue weighted by molar-refractivity contribution is 0.386. The van der Waals surface area contributed by atoms with E-state index < -0.39 is 0 Å². The van der Waals surface area contributed by atoms with Crippen molar-refractivity contribution in [2.45, 2.75) is 6.54 Å². The molecule has 0 unspecified atom stereocenters. The summed E-state index contributed by atoms with van der Waals surface area (Å²) in [5.41, 5.74) is 7.90. The Balaban J connectivity index is 2.24. The highest BCUT2D eigenvalue weighted by molar-refractivity contribution is 6.00. The van der Waals surface area contributed by atoms with Gasteiger partial charge in [0.1, 0.15) is 5.84 Å². The Morgan fingerprint density at radius 2 is 2.00 bits per heavy atom. The number of anilines is 1. The summed E-state index contributed by atoms with van der Waals surface area (Å²) in [6.45, 7) is 0.505. The van der Waals surface area contributed by atoms with Gasteiger partial charge in [0.15, 0.2) is 11.6 Å². The van der Waals surface area contributed by atoms with Crippen LogP contribution in [0.3, 0.4) is 0 Å². The molecule has 0 saturated heterocycles. The number of nitrogens with one attached hydrogen (secondary N) is 1. The van der Waals surface area contributed by atoms with Crippen LogP contribution in [0.1, 0.15) is 11.1 Å². The maximum Gasteiger partial charge on any atom is 0.165 e. The maximum absolute atomic E-state index is 13.7. The highest BCUT2D eigenvalue weighted by Gasteiger charge is 2.11. The molecule has 0 radical (unpaired) electrons. The van der Waals surface area contributed by atoms with Gasteiger partial charge in [-0.1, -0.05) is 18.2 Å². The van der Waals surface area contributed by atoms with Gasteiger partial charge in [0, 0.05) is 24.8 Å². The van der Waals surface area contributed by atoms with Crippen molar-refractivity contribution >= 4 is 11.5 Å². The standard InChI is InChI=1S/C16H18FN3O/c1-20(14-6-4-3-5-12(14)16(18)19)10-11-7-8-15(21-2)13(17)9-11/h3-9H,10H2,1-2H3,(H3,18,19). The number of nitrogen functional groups attached to an aromatic ring is 1. The molecule has 0 saturated carbocycles. The molecule has 4 nitrogen and oxygen atoms in total. The minimum atomic E-state index is -0.386. The summed E-state index contributed by atoms with van der Waals surface area (Å²) in [4.78, 5) is 1.93. The summed E-state index contributed by atoms with van der Waals surface area (Å²) >= 11 is 0. The molecule has 2 aromatic carbocycles. The summed E-state index contributed by atoms with van der Waals surface area (Å²) in [6.07, 6.45) is 0. The zero-order valence-electron chi connectivity index (χ0n) is 12.1. The van der Waals surface area contributed by atoms with Crippen LogP contribution in [0.25, 0.3) is 0 Å². The highest BCUT2D eigenvalue weighted by Crippen LogP contribution is 2.23. The summed E-state index contributed by atoms with van der Waals surface area (Å²) in [5.74, 6) is -0.146. The van der Waals surface area contributed by atoms with Gasteiger partial charge in [-0.2, -0.15) is 0 Å². The topological polar surface area (TPSA) is 62.3 Å². The van der Waals surface area contributed by atoms with Crippen molar-refractivity contribution in [3.63, 3.8) is 0 Å². The minimum Gasteiger partial charge on any atom is -0.494 e. The van der Waals surface area contributed by atoms with E-state index in [2.05, 4.69) is 0 Å². The van der Waals surface area contributed by atoms with E-state index >= 15 is 0 Å². The van der Waals surface area contributed by atoms with Crippen molar-refractivity contribution in [1.29, 1.82) is 5.41 Å². The molecule has 0 atom stereocenters. The van der Waals surface area contributed by atoms with E-state index in [0.717, 1.165) is 11.3 Å². The maximum atomic E-state index is 13.7. The van der Waals surface area contributed by atoms with Crippen molar-refractivity contribution in [2.75, 3.05) is 19.1 Å². The van der Waals surface area contributed by atoms with Crippen LogP contribution in [-0.2, 0) is 6.54 Å². The number of nitrogens with two attached hydrogens (primary N) is 1. The van der Waals surface area contributed by atoms with Gasteiger partial charge in [-0.05, 0) is 29.8 Å². The Morgan fingerprint density at radius 1 is 1.29 bits per heavy atom. The van der Waals surface area contributed by atoms with E-state index in [-0.39, 0.29) is 17.4 Å². The molecule has 2 rings (SSSR count). The molecule has 0 aliphatic rings. The molecule has 0 bridgehead atoms. The second-order valence-electron chi connectivity index (χ2n) is 4.76. The molecule has 110 valence electrons. The fourth-order valence-corrected chi connectivity index (χ4v) is 2.20. The molecule has 2 aromatic rings. The number of benzene rings is 2. The molecule has 0 aliphatic heterocycles. The molecule has 21 heavy (non-hydrogen) atoms. The van der Waals surface area contributed by atoms with Crippen LogP contribution in [0.4, 0.5) is 10.1 Å². The molecule has 0 aromatic heterocycles. The second-order valence-corrected chi connectivity index (χ2v) is 4.76. The van der Waals surface area contributed by atoms with Crippen molar-refractivity contribution in [3.8, 4) is 5.75 Å². The first kappa shape index (κ1) is 14.8. The SMILES string of the molecule is COc1ccc(CN(C)c2ccccc2C(=N)N)cc1F. The normalized spacial score (nSPS) is 10.2. The highest BCUT2D eigenvalue weighted by atomic mass is 19.1. The number of halogens is 1. The average Bonchev–Trinajstić information content (AvgIpc) is 2.47. The Bertz CT molecular complexity index is 658. The summed E-state index contributed by atoms with van der Waals surface area (Å²) < 4.78 is 18.6. The van der Waals surface area contributed by atoms with E-state index in [1.807, 2.05) is 36.2 Å². The van der Waals surface area contributed by atoms with Gasteiger partial charge in [0.2, 0.25) is 0 Å². The third-order valence-corrected chi connectivity index (χ3v) is 3.24. The first-order chi connectivity index (χ1) is 10.0. The molecule has 0 amide bonds. The van der Waals surface area contributed by atoms with Crippen LogP contribution < -0.4 is 15.4 Å². The number of amidine groups is 1. The predicted octanol–water partition coefficient (Wildman–Crippen LogP) is 2.75. The average molecular weight is 287 g/mol.